The number of para-hydroxylation sites is 1. The second-order valence-electron chi connectivity index (χ2n) is 1.89. The summed E-state index contributed by atoms with van der Waals surface area (Å²) in [7, 11) is 0. The van der Waals surface area contributed by atoms with Gasteiger partial charge in [0.15, 0.2) is 0 Å². The van der Waals surface area contributed by atoms with Crippen LogP contribution in [0.3, 0.4) is 0 Å². The molecule has 0 radical (unpaired) electrons. The molecule has 0 aromatic heterocycles. The SMILES string of the molecule is N#Cc1ccccc1N[NH+]=[N-]. The summed E-state index contributed by atoms with van der Waals surface area (Å²) in [5, 5.41) is 10.3. The lowest BCUT2D eigenvalue weighted by molar-refractivity contribution is -0.444. The van der Waals surface area contributed by atoms with Gasteiger partial charge in [-0.25, -0.2) is 0 Å². The first kappa shape index (κ1) is 7.22. The summed E-state index contributed by atoms with van der Waals surface area (Å²) < 4.78 is 0. The lowest BCUT2D eigenvalue weighted by Gasteiger charge is -2.00. The van der Waals surface area contributed by atoms with Crippen molar-refractivity contribution in [2.24, 2.45) is 0 Å². The van der Waals surface area contributed by atoms with Crippen LogP contribution in [-0.4, -0.2) is 0 Å². The maximum atomic E-state index is 8.55. The first-order valence-corrected chi connectivity index (χ1v) is 3.02. The molecular weight excluding hydrogens is 140 g/mol. The molecule has 11 heavy (non-hydrogen) atoms. The molecule has 1 aromatic carbocycles. The van der Waals surface area contributed by atoms with Gasteiger partial charge in [-0.2, -0.15) is 16.0 Å². The number of nitrogens with one attached hydrogen (secondary N) is 2. The van der Waals surface area contributed by atoms with Crippen LogP contribution in [0.15, 0.2) is 24.3 Å². The van der Waals surface area contributed by atoms with Crippen LogP contribution in [0.25, 0.3) is 5.53 Å². The van der Waals surface area contributed by atoms with Crippen LogP contribution in [0.5, 0.6) is 0 Å². The van der Waals surface area contributed by atoms with E-state index >= 15 is 0 Å². The second-order valence-corrected chi connectivity index (χ2v) is 1.89. The Labute approximate surface area is 63.9 Å². The van der Waals surface area contributed by atoms with E-state index in [1.165, 1.54) is 0 Å². The molecule has 0 aliphatic heterocycles. The van der Waals surface area contributed by atoms with Gasteiger partial charge in [-0.3, -0.25) is 5.43 Å². The number of nitriles is 1. The van der Waals surface area contributed by atoms with Gasteiger partial charge in [0.2, 0.25) is 0 Å². The fourth-order valence-electron chi connectivity index (χ4n) is 0.750. The number of hydrazine groups is 1. The third kappa shape index (κ3) is 1.52. The molecule has 0 unspecified atom stereocenters. The van der Waals surface area contributed by atoms with Crippen LogP contribution in [0.4, 0.5) is 5.69 Å². The Hall–Kier alpha value is -1.89. The van der Waals surface area contributed by atoms with Gasteiger partial charge in [-0.15, -0.1) is 0 Å². The molecule has 0 saturated carbocycles. The molecule has 0 atom stereocenters. The van der Waals surface area contributed by atoms with Gasteiger partial charge >= 0.3 is 0 Å². The van der Waals surface area contributed by atoms with Crippen molar-refractivity contribution in [3.05, 3.63) is 35.4 Å². The first-order chi connectivity index (χ1) is 5.38. The number of nitrogens with zero attached hydrogens (tertiary/aromatic N) is 2. The topological polar surface area (TPSA) is 72.1 Å². The van der Waals surface area contributed by atoms with Crippen LogP contribution < -0.4 is 10.6 Å². The van der Waals surface area contributed by atoms with E-state index in [0.717, 1.165) is 0 Å². The molecule has 0 saturated heterocycles. The van der Waals surface area contributed by atoms with Crippen molar-refractivity contribution in [2.45, 2.75) is 0 Å². The summed E-state index contributed by atoms with van der Waals surface area (Å²) in [5.74, 6) is 0. The van der Waals surface area contributed by atoms with Crippen molar-refractivity contribution in [2.75, 3.05) is 5.43 Å². The summed E-state index contributed by atoms with van der Waals surface area (Å²) in [6, 6.07) is 8.82. The van der Waals surface area contributed by atoms with Gasteiger partial charge in [0.05, 0.1) is 11.6 Å². The van der Waals surface area contributed by atoms with Gasteiger partial charge < -0.3 is 0 Å². The highest BCUT2D eigenvalue weighted by Crippen LogP contribution is 2.10. The third-order valence-electron chi connectivity index (χ3n) is 1.24. The minimum Gasteiger partial charge on any atom is -0.264 e. The molecule has 0 fully saturated rings. The molecule has 0 aliphatic rings. The van der Waals surface area contributed by atoms with Crippen LogP contribution in [-0.2, 0) is 0 Å². The van der Waals surface area contributed by atoms with Crippen LogP contribution >= 0.6 is 0 Å². The highest BCUT2D eigenvalue weighted by atomic mass is 15.4. The van der Waals surface area contributed by atoms with E-state index < -0.39 is 0 Å². The maximum Gasteiger partial charge on any atom is 0.0995 e. The molecule has 0 heterocycles. The van der Waals surface area contributed by atoms with E-state index in [1.807, 2.05) is 6.07 Å². The molecular formula is C7H6N4. The van der Waals surface area contributed by atoms with E-state index in [4.69, 9.17) is 10.8 Å². The molecule has 0 bridgehead atoms. The van der Waals surface area contributed by atoms with Crippen LogP contribution in [0, 0.1) is 11.3 Å². The zero-order valence-electron chi connectivity index (χ0n) is 5.70. The van der Waals surface area contributed by atoms with Crippen molar-refractivity contribution in [3.63, 3.8) is 0 Å². The van der Waals surface area contributed by atoms with Crippen molar-refractivity contribution < 1.29 is 5.22 Å². The fraction of sp³-hybridized carbons (Fsp3) is 0. The quantitative estimate of drug-likeness (QED) is 0.455. The monoisotopic (exact) mass is 146 g/mol. The first-order valence-electron chi connectivity index (χ1n) is 3.02. The Morgan fingerprint density at radius 1 is 1.45 bits per heavy atom. The molecule has 4 heteroatoms. The van der Waals surface area contributed by atoms with Crippen molar-refractivity contribution >= 4 is 5.69 Å². The number of hydrogen-bond acceptors (Lipinski definition) is 1. The zero-order valence-corrected chi connectivity index (χ0v) is 5.70. The lowest BCUT2D eigenvalue weighted by atomic mass is 10.2. The molecule has 54 valence electrons. The van der Waals surface area contributed by atoms with Gasteiger partial charge in [0.25, 0.3) is 0 Å². The number of anilines is 1. The van der Waals surface area contributed by atoms with E-state index in [1.54, 1.807) is 29.5 Å². The molecule has 1 aromatic rings. The summed E-state index contributed by atoms with van der Waals surface area (Å²) >= 11 is 0. The highest BCUT2D eigenvalue weighted by molar-refractivity contribution is 5.55. The number of hydrogen-bond donors (Lipinski definition) is 2. The Morgan fingerprint density at radius 3 is 2.82 bits per heavy atom. The number of benzene rings is 1. The van der Waals surface area contributed by atoms with E-state index in [-0.39, 0.29) is 0 Å². The minimum atomic E-state index is 0.481. The largest absolute Gasteiger partial charge is 0.264 e. The molecule has 0 amide bonds. The van der Waals surface area contributed by atoms with Crippen LogP contribution in [0.1, 0.15) is 5.56 Å². The van der Waals surface area contributed by atoms with Gasteiger partial charge in [-0.1, -0.05) is 18.2 Å². The third-order valence-corrected chi connectivity index (χ3v) is 1.24. The van der Waals surface area contributed by atoms with E-state index in [2.05, 4.69) is 5.43 Å². The molecule has 0 aliphatic carbocycles. The molecule has 0 spiro atoms. The maximum absolute atomic E-state index is 8.55. The smallest absolute Gasteiger partial charge is 0.0995 e. The highest BCUT2D eigenvalue weighted by Gasteiger charge is 1.94. The van der Waals surface area contributed by atoms with E-state index in [9.17, 15) is 0 Å². The average molecular weight is 146 g/mol. The predicted molar refractivity (Wildman–Crippen MR) is 39.1 cm³/mol. The molecule has 2 N–H and O–H groups in total. The predicted octanol–water partition coefficient (Wildman–Crippen LogP) is -0.0126. The van der Waals surface area contributed by atoms with Crippen molar-refractivity contribution in [3.8, 4) is 6.07 Å². The molecule has 1 rings (SSSR count). The fourth-order valence-corrected chi connectivity index (χ4v) is 0.750. The Morgan fingerprint density at radius 2 is 2.18 bits per heavy atom. The van der Waals surface area contributed by atoms with Gasteiger partial charge in [0.1, 0.15) is 0 Å². The Bertz CT molecular complexity index is 300. The Balaban J connectivity index is 3.04. The number of rotatable bonds is 2. The summed E-state index contributed by atoms with van der Waals surface area (Å²) in [4.78, 5) is 0. The summed E-state index contributed by atoms with van der Waals surface area (Å²) in [6.45, 7) is 0. The zero-order chi connectivity index (χ0) is 8.10. The van der Waals surface area contributed by atoms with E-state index in [0.29, 0.717) is 11.3 Å². The second kappa shape index (κ2) is 3.32. The van der Waals surface area contributed by atoms with Crippen LogP contribution in [0.2, 0.25) is 0 Å². The van der Waals surface area contributed by atoms with Crippen molar-refractivity contribution in [1.82, 2.24) is 0 Å². The van der Waals surface area contributed by atoms with Crippen molar-refractivity contribution in [1.29, 1.82) is 5.26 Å². The minimum absolute atomic E-state index is 0.481. The Kier molecular flexibility index (Phi) is 2.18. The van der Waals surface area contributed by atoms with Gasteiger partial charge in [-0.05, 0) is 6.07 Å². The lowest BCUT2D eigenvalue weighted by Crippen LogP contribution is -2.68. The average Bonchev–Trinajstić information content (AvgIpc) is 2.06. The normalized spacial score (nSPS) is 8.27. The summed E-state index contributed by atoms with van der Waals surface area (Å²) in [6.07, 6.45) is 0. The summed E-state index contributed by atoms with van der Waals surface area (Å²) in [5.41, 5.74) is 11.7. The molecule has 4 nitrogen and oxygen atoms in total. The standard InChI is InChI=1S/C7H6N4/c8-5-6-3-1-2-4-7(6)10-11-9/h1-4,11H,(H-,9,10). The van der Waals surface area contributed by atoms with Gasteiger partial charge in [0, 0.05) is 5.69 Å².